The van der Waals surface area contributed by atoms with Crippen molar-refractivity contribution in [2.75, 3.05) is 0 Å². The molecule has 0 saturated heterocycles. The van der Waals surface area contributed by atoms with Gasteiger partial charge in [-0.05, 0) is 30.7 Å². The van der Waals surface area contributed by atoms with Crippen molar-refractivity contribution in [2.45, 2.75) is 13.0 Å². The van der Waals surface area contributed by atoms with Crippen molar-refractivity contribution in [2.24, 2.45) is 0 Å². The van der Waals surface area contributed by atoms with Crippen molar-refractivity contribution >= 4 is 11.9 Å². The van der Waals surface area contributed by atoms with Gasteiger partial charge in [-0.15, -0.1) is 0 Å². The fraction of sp³-hybridized carbons (Fsp3) is 0.133. The van der Waals surface area contributed by atoms with Crippen LogP contribution in [0.5, 0.6) is 5.75 Å². The molecule has 114 valence electrons. The Bertz CT molecular complexity index is 716. The van der Waals surface area contributed by atoms with Crippen LogP contribution in [0.3, 0.4) is 0 Å². The molecule has 1 aromatic heterocycles. The molecule has 1 aromatic carbocycles. The molecule has 0 spiro atoms. The zero-order valence-electron chi connectivity index (χ0n) is 11.6. The third-order valence-corrected chi connectivity index (χ3v) is 2.98. The average molecular weight is 304 g/mol. The fourth-order valence-corrected chi connectivity index (χ4v) is 1.76. The third-order valence-electron chi connectivity index (χ3n) is 2.98. The summed E-state index contributed by atoms with van der Waals surface area (Å²) in [4.78, 5) is 26.4. The first kappa shape index (κ1) is 15.4. The van der Waals surface area contributed by atoms with E-state index in [9.17, 15) is 19.1 Å². The Morgan fingerprint density at radius 1 is 1.23 bits per heavy atom. The quantitative estimate of drug-likeness (QED) is 0.799. The smallest absolute Gasteiger partial charge is 0.325 e. The van der Waals surface area contributed by atoms with E-state index < -0.39 is 23.7 Å². The highest BCUT2D eigenvalue weighted by atomic mass is 19.1. The van der Waals surface area contributed by atoms with Crippen LogP contribution in [0.15, 0.2) is 36.5 Å². The van der Waals surface area contributed by atoms with E-state index in [0.29, 0.717) is 11.1 Å². The summed E-state index contributed by atoms with van der Waals surface area (Å²) in [6.07, 6.45) is 1.34. The highest BCUT2D eigenvalue weighted by molar-refractivity contribution is 5.97. The molecule has 1 atom stereocenters. The Morgan fingerprint density at radius 2 is 1.86 bits per heavy atom. The molecule has 1 heterocycles. The van der Waals surface area contributed by atoms with Gasteiger partial charge in [-0.2, -0.15) is 0 Å². The molecule has 2 aromatic rings. The molecule has 6 nitrogen and oxygen atoms in total. The lowest BCUT2D eigenvalue weighted by molar-refractivity contribution is -0.138. The highest BCUT2D eigenvalue weighted by Gasteiger charge is 2.19. The SMILES string of the molecule is CC(NC(=O)c1ncc(-c2ccc(F)cc2)cc1O)C(=O)O. The molecule has 0 saturated carbocycles. The predicted octanol–water partition coefficient (Wildman–Crippen LogP) is 1.80. The number of halogens is 1. The van der Waals surface area contributed by atoms with Gasteiger partial charge in [0.05, 0.1) is 0 Å². The number of rotatable bonds is 4. The first-order chi connectivity index (χ1) is 10.4. The van der Waals surface area contributed by atoms with Gasteiger partial charge in [0.15, 0.2) is 5.69 Å². The lowest BCUT2D eigenvalue weighted by Crippen LogP contribution is -2.38. The van der Waals surface area contributed by atoms with Crippen LogP contribution in [0, 0.1) is 5.82 Å². The molecule has 0 aliphatic heterocycles. The zero-order chi connectivity index (χ0) is 16.3. The normalized spacial score (nSPS) is 11.7. The number of amides is 1. The number of nitrogens with zero attached hydrogens (tertiary/aromatic N) is 1. The molecule has 7 heteroatoms. The Balaban J connectivity index is 2.24. The van der Waals surface area contributed by atoms with Crippen LogP contribution in [0.1, 0.15) is 17.4 Å². The minimum absolute atomic E-state index is 0.279. The molecule has 0 aliphatic rings. The summed E-state index contributed by atoms with van der Waals surface area (Å²) >= 11 is 0. The predicted molar refractivity (Wildman–Crippen MR) is 75.9 cm³/mol. The number of carboxylic acids is 1. The van der Waals surface area contributed by atoms with E-state index >= 15 is 0 Å². The second-order valence-corrected chi connectivity index (χ2v) is 4.63. The van der Waals surface area contributed by atoms with Crippen molar-refractivity contribution in [3.05, 3.63) is 48.0 Å². The van der Waals surface area contributed by atoms with Crippen LogP contribution in [0.2, 0.25) is 0 Å². The van der Waals surface area contributed by atoms with E-state index in [0.717, 1.165) is 0 Å². The Labute approximate surface area is 125 Å². The molecule has 0 fully saturated rings. The number of carbonyl (C=O) groups is 2. The number of aromatic hydroxyl groups is 1. The fourth-order valence-electron chi connectivity index (χ4n) is 1.76. The first-order valence-electron chi connectivity index (χ1n) is 6.37. The van der Waals surface area contributed by atoms with Gasteiger partial charge in [-0.3, -0.25) is 9.59 Å². The molecule has 0 radical (unpaired) electrons. The monoisotopic (exact) mass is 304 g/mol. The average Bonchev–Trinajstić information content (AvgIpc) is 2.47. The van der Waals surface area contributed by atoms with Crippen LogP contribution in [0.4, 0.5) is 4.39 Å². The van der Waals surface area contributed by atoms with Crippen LogP contribution < -0.4 is 5.32 Å². The molecule has 3 N–H and O–H groups in total. The number of aliphatic carboxylic acids is 1. The summed E-state index contributed by atoms with van der Waals surface area (Å²) in [5.41, 5.74) is 0.842. The number of carbonyl (C=O) groups excluding carboxylic acids is 1. The van der Waals surface area contributed by atoms with E-state index in [1.54, 1.807) is 0 Å². The van der Waals surface area contributed by atoms with Gasteiger partial charge in [-0.25, -0.2) is 9.37 Å². The van der Waals surface area contributed by atoms with Crippen molar-refractivity contribution < 1.29 is 24.2 Å². The van der Waals surface area contributed by atoms with Crippen LogP contribution >= 0.6 is 0 Å². The molecule has 0 bridgehead atoms. The van der Waals surface area contributed by atoms with Crippen LogP contribution in [-0.4, -0.2) is 33.1 Å². The Morgan fingerprint density at radius 3 is 2.41 bits per heavy atom. The molecule has 1 unspecified atom stereocenters. The molecule has 1 amide bonds. The summed E-state index contributed by atoms with van der Waals surface area (Å²) in [7, 11) is 0. The highest BCUT2D eigenvalue weighted by Crippen LogP contribution is 2.24. The zero-order valence-corrected chi connectivity index (χ0v) is 11.6. The van der Waals surface area contributed by atoms with E-state index in [2.05, 4.69) is 10.3 Å². The number of hydrogen-bond acceptors (Lipinski definition) is 4. The Hall–Kier alpha value is -2.96. The van der Waals surface area contributed by atoms with Crippen LogP contribution in [-0.2, 0) is 4.79 Å². The van der Waals surface area contributed by atoms with E-state index in [1.165, 1.54) is 43.5 Å². The number of benzene rings is 1. The van der Waals surface area contributed by atoms with Gasteiger partial charge in [0.2, 0.25) is 0 Å². The maximum atomic E-state index is 12.9. The van der Waals surface area contributed by atoms with Gasteiger partial charge in [0.25, 0.3) is 5.91 Å². The van der Waals surface area contributed by atoms with Crippen LogP contribution in [0.25, 0.3) is 11.1 Å². The van der Waals surface area contributed by atoms with Gasteiger partial charge >= 0.3 is 5.97 Å². The Kier molecular flexibility index (Phi) is 4.36. The van der Waals surface area contributed by atoms with Gasteiger partial charge in [0.1, 0.15) is 17.6 Å². The first-order valence-corrected chi connectivity index (χ1v) is 6.37. The molecular formula is C15H13FN2O4. The second-order valence-electron chi connectivity index (χ2n) is 4.63. The van der Waals surface area contributed by atoms with E-state index in [1.807, 2.05) is 0 Å². The summed E-state index contributed by atoms with van der Waals surface area (Å²) < 4.78 is 12.9. The maximum Gasteiger partial charge on any atom is 0.325 e. The summed E-state index contributed by atoms with van der Waals surface area (Å²) in [5.74, 6) is -2.77. The van der Waals surface area contributed by atoms with E-state index in [4.69, 9.17) is 5.11 Å². The topological polar surface area (TPSA) is 99.5 Å². The van der Waals surface area contributed by atoms with Gasteiger partial charge in [-0.1, -0.05) is 12.1 Å². The second kappa shape index (κ2) is 6.21. The third kappa shape index (κ3) is 3.38. The molecule has 22 heavy (non-hydrogen) atoms. The van der Waals surface area contributed by atoms with Crippen molar-refractivity contribution in [1.29, 1.82) is 0 Å². The standard InChI is InChI=1S/C15H13FN2O4/c1-8(15(21)22)18-14(20)13-12(19)6-10(7-17-13)9-2-4-11(16)5-3-9/h2-8,19H,1H3,(H,18,20)(H,21,22). The summed E-state index contributed by atoms with van der Waals surface area (Å²) in [6, 6.07) is 5.75. The van der Waals surface area contributed by atoms with E-state index in [-0.39, 0.29) is 11.5 Å². The molecule has 0 aliphatic carbocycles. The molecular weight excluding hydrogens is 291 g/mol. The number of hydrogen-bond donors (Lipinski definition) is 3. The molecule has 2 rings (SSSR count). The van der Waals surface area contributed by atoms with Crippen molar-refractivity contribution in [3.8, 4) is 16.9 Å². The number of pyridine rings is 1. The number of carboxylic acid groups (broad SMARTS) is 1. The number of aromatic nitrogens is 1. The lowest BCUT2D eigenvalue weighted by atomic mass is 10.1. The maximum absolute atomic E-state index is 12.9. The summed E-state index contributed by atoms with van der Waals surface area (Å²) in [6.45, 7) is 1.30. The van der Waals surface area contributed by atoms with Gasteiger partial charge in [0, 0.05) is 11.8 Å². The van der Waals surface area contributed by atoms with Crippen molar-refractivity contribution in [1.82, 2.24) is 10.3 Å². The number of nitrogens with one attached hydrogen (secondary N) is 1. The van der Waals surface area contributed by atoms with Crippen molar-refractivity contribution in [3.63, 3.8) is 0 Å². The van der Waals surface area contributed by atoms with Gasteiger partial charge < -0.3 is 15.5 Å². The minimum atomic E-state index is -1.20. The summed E-state index contributed by atoms with van der Waals surface area (Å²) in [5, 5.41) is 20.8. The largest absolute Gasteiger partial charge is 0.505 e. The minimum Gasteiger partial charge on any atom is -0.505 e. The lowest BCUT2D eigenvalue weighted by Gasteiger charge is -2.10.